The van der Waals surface area contributed by atoms with E-state index in [0.717, 1.165) is 47.6 Å². The van der Waals surface area contributed by atoms with Gasteiger partial charge in [0.25, 0.3) is 5.91 Å². The Morgan fingerprint density at radius 1 is 1.24 bits per heavy atom. The van der Waals surface area contributed by atoms with Crippen LogP contribution in [0, 0.1) is 18.3 Å². The summed E-state index contributed by atoms with van der Waals surface area (Å²) in [6.45, 7) is 5.30. The molecule has 1 fully saturated rings. The number of fused-ring (bicyclic) bond motifs is 2. The van der Waals surface area contributed by atoms with Gasteiger partial charge in [-0.15, -0.1) is 0 Å². The lowest BCUT2D eigenvalue weighted by Gasteiger charge is -2.37. The van der Waals surface area contributed by atoms with Gasteiger partial charge in [-0.25, -0.2) is 0 Å². The largest absolute Gasteiger partial charge is 0.458 e. The molecule has 2 aromatic heterocycles. The van der Waals surface area contributed by atoms with Crippen molar-refractivity contribution in [1.29, 1.82) is 5.26 Å². The van der Waals surface area contributed by atoms with Crippen LogP contribution in [-0.4, -0.2) is 34.4 Å². The molecular formula is C28H30N4O2. The van der Waals surface area contributed by atoms with Crippen LogP contribution in [0.15, 0.2) is 52.9 Å². The van der Waals surface area contributed by atoms with Crippen molar-refractivity contribution in [2.24, 2.45) is 0 Å². The molecule has 1 saturated carbocycles. The zero-order valence-electron chi connectivity index (χ0n) is 19.7. The molecule has 0 aliphatic heterocycles. The Bertz CT molecular complexity index is 1380. The summed E-state index contributed by atoms with van der Waals surface area (Å²) in [5.41, 5.74) is 4.18. The molecule has 1 amide bonds. The fourth-order valence-corrected chi connectivity index (χ4v) is 5.30. The number of benzene rings is 2. The molecule has 4 aromatic rings. The maximum atomic E-state index is 13.4. The van der Waals surface area contributed by atoms with E-state index in [1.54, 1.807) is 0 Å². The number of H-pyrrole nitrogens is 1. The molecule has 2 atom stereocenters. The lowest BCUT2D eigenvalue weighted by molar-refractivity contribution is 0.0622. The molecule has 0 radical (unpaired) electrons. The predicted molar refractivity (Wildman–Crippen MR) is 134 cm³/mol. The van der Waals surface area contributed by atoms with E-state index in [1.165, 1.54) is 5.56 Å². The number of nitrogens with one attached hydrogen (secondary N) is 2. The number of amides is 1. The molecule has 174 valence electrons. The lowest BCUT2D eigenvalue weighted by Crippen LogP contribution is -2.46. The van der Waals surface area contributed by atoms with Crippen molar-refractivity contribution >= 4 is 27.8 Å². The molecule has 34 heavy (non-hydrogen) atoms. The minimum absolute atomic E-state index is 0.0612. The number of nitrogens with zero attached hydrogens (tertiary/aromatic N) is 2. The van der Waals surface area contributed by atoms with Crippen LogP contribution >= 0.6 is 0 Å². The van der Waals surface area contributed by atoms with Gasteiger partial charge in [-0.3, -0.25) is 4.79 Å². The fourth-order valence-electron chi connectivity index (χ4n) is 5.30. The molecule has 1 aliphatic rings. The Morgan fingerprint density at radius 3 is 2.91 bits per heavy atom. The summed E-state index contributed by atoms with van der Waals surface area (Å²) in [4.78, 5) is 18.7. The van der Waals surface area contributed by atoms with Gasteiger partial charge in [-0.1, -0.05) is 23.8 Å². The average Bonchev–Trinajstić information content (AvgIpc) is 3.44. The van der Waals surface area contributed by atoms with Crippen LogP contribution < -0.4 is 5.32 Å². The van der Waals surface area contributed by atoms with Crippen LogP contribution in [0.3, 0.4) is 0 Å². The van der Waals surface area contributed by atoms with Gasteiger partial charge in [0.1, 0.15) is 28.7 Å². The second-order valence-electron chi connectivity index (χ2n) is 9.27. The number of carbonyl (C=O) groups is 1. The number of hydrogen-bond donors (Lipinski definition) is 2. The highest BCUT2D eigenvalue weighted by molar-refractivity contribution is 5.98. The molecule has 2 heterocycles. The molecule has 0 unspecified atom stereocenters. The predicted octanol–water partition coefficient (Wildman–Crippen LogP) is 5.66. The van der Waals surface area contributed by atoms with Crippen LogP contribution in [0.1, 0.15) is 60.0 Å². The Labute approximate surface area is 199 Å². The third kappa shape index (κ3) is 4.20. The van der Waals surface area contributed by atoms with Gasteiger partial charge >= 0.3 is 0 Å². The van der Waals surface area contributed by atoms with E-state index in [-0.39, 0.29) is 18.0 Å². The first-order chi connectivity index (χ1) is 16.6. The number of carbonyl (C=O) groups excluding carboxylic acids is 1. The Morgan fingerprint density at radius 2 is 2.09 bits per heavy atom. The molecule has 2 aromatic carbocycles. The van der Waals surface area contributed by atoms with Crippen molar-refractivity contribution in [3.63, 3.8) is 0 Å². The van der Waals surface area contributed by atoms with E-state index in [0.29, 0.717) is 30.1 Å². The van der Waals surface area contributed by atoms with Crippen molar-refractivity contribution in [1.82, 2.24) is 15.2 Å². The summed E-state index contributed by atoms with van der Waals surface area (Å²) >= 11 is 0. The number of aromatic nitrogens is 1. The molecule has 0 saturated heterocycles. The molecule has 1 aliphatic carbocycles. The Kier molecular flexibility index (Phi) is 6.12. The van der Waals surface area contributed by atoms with Crippen molar-refractivity contribution < 1.29 is 9.21 Å². The van der Waals surface area contributed by atoms with Gasteiger partial charge < -0.3 is 19.6 Å². The summed E-state index contributed by atoms with van der Waals surface area (Å²) in [6, 6.07) is 18.6. The average molecular weight is 455 g/mol. The number of hydrogen-bond acceptors (Lipinski definition) is 4. The van der Waals surface area contributed by atoms with E-state index in [4.69, 9.17) is 4.42 Å². The number of rotatable bonds is 6. The van der Waals surface area contributed by atoms with Crippen LogP contribution in [-0.2, 0) is 6.54 Å². The van der Waals surface area contributed by atoms with E-state index in [2.05, 4.69) is 42.4 Å². The Balaban J connectivity index is 1.28. The van der Waals surface area contributed by atoms with Gasteiger partial charge in [0.2, 0.25) is 0 Å². The van der Waals surface area contributed by atoms with Crippen LogP contribution in [0.5, 0.6) is 0 Å². The zero-order valence-corrected chi connectivity index (χ0v) is 19.7. The number of aryl methyl sites for hydroxylation is 1. The highest BCUT2D eigenvalue weighted by atomic mass is 16.3. The first-order valence-corrected chi connectivity index (χ1v) is 12.1. The minimum Gasteiger partial charge on any atom is -0.458 e. The summed E-state index contributed by atoms with van der Waals surface area (Å²) < 4.78 is 5.96. The summed E-state index contributed by atoms with van der Waals surface area (Å²) in [7, 11) is 0. The van der Waals surface area contributed by atoms with Crippen LogP contribution in [0.25, 0.3) is 21.9 Å². The van der Waals surface area contributed by atoms with Crippen molar-refractivity contribution in [3.8, 4) is 6.07 Å². The van der Waals surface area contributed by atoms with Crippen LogP contribution in [0.4, 0.5) is 0 Å². The van der Waals surface area contributed by atoms with Gasteiger partial charge in [-0.05, 0) is 69.9 Å². The zero-order chi connectivity index (χ0) is 23.7. The van der Waals surface area contributed by atoms with Crippen molar-refractivity contribution in [3.05, 3.63) is 71.1 Å². The topological polar surface area (TPSA) is 85.1 Å². The van der Waals surface area contributed by atoms with Crippen LogP contribution in [0.2, 0.25) is 0 Å². The fraction of sp³-hybridized carbons (Fsp3) is 0.357. The molecule has 2 N–H and O–H groups in total. The van der Waals surface area contributed by atoms with Gasteiger partial charge in [0, 0.05) is 34.9 Å². The van der Waals surface area contributed by atoms with Gasteiger partial charge in [0.15, 0.2) is 0 Å². The van der Waals surface area contributed by atoms with E-state index in [1.807, 2.05) is 41.3 Å². The normalized spacial score (nSPS) is 18.3. The summed E-state index contributed by atoms with van der Waals surface area (Å²) in [5, 5.41) is 15.2. The second kappa shape index (κ2) is 9.36. The minimum atomic E-state index is 0.0612. The van der Waals surface area contributed by atoms with E-state index in [9.17, 15) is 10.1 Å². The van der Waals surface area contributed by atoms with Crippen molar-refractivity contribution in [2.75, 3.05) is 6.54 Å². The van der Waals surface area contributed by atoms with Crippen molar-refractivity contribution in [2.45, 2.75) is 58.2 Å². The number of para-hydroxylation sites is 1. The molecule has 0 spiro atoms. The molecule has 6 nitrogen and oxygen atoms in total. The molecular weight excluding hydrogens is 424 g/mol. The maximum Gasteiger partial charge on any atom is 0.270 e. The SMILES string of the molecule is CCN(C(=O)c1cc2cc(C)ccc2[nH]1)[C@H]1CCC[C@@H](NCc2oc3ccccc3c2C#N)C1. The lowest BCUT2D eigenvalue weighted by atomic mass is 9.89. The quantitative estimate of drug-likeness (QED) is 0.394. The van der Waals surface area contributed by atoms with Gasteiger partial charge in [-0.2, -0.15) is 5.26 Å². The summed E-state index contributed by atoms with van der Waals surface area (Å²) in [5.74, 6) is 0.744. The molecule has 0 bridgehead atoms. The third-order valence-corrected chi connectivity index (χ3v) is 7.03. The number of nitriles is 1. The highest BCUT2D eigenvalue weighted by Crippen LogP contribution is 2.28. The second-order valence-corrected chi connectivity index (χ2v) is 9.27. The van der Waals surface area contributed by atoms with E-state index < -0.39 is 0 Å². The standard InChI is InChI=1S/C28H30N4O2/c1-3-32(28(33)25-14-19-13-18(2)11-12-24(19)31-25)21-8-6-7-20(15-21)30-17-27-23(16-29)22-9-4-5-10-26(22)34-27/h4-5,9-14,20-21,30-31H,3,6-8,15,17H2,1-2H3/t20-,21+/m1/s1. The smallest absolute Gasteiger partial charge is 0.270 e. The van der Waals surface area contributed by atoms with Gasteiger partial charge in [0.05, 0.1) is 6.54 Å². The number of furan rings is 1. The van der Waals surface area contributed by atoms with E-state index >= 15 is 0 Å². The third-order valence-electron chi connectivity index (χ3n) is 7.03. The Hall–Kier alpha value is -3.56. The first kappa shape index (κ1) is 22.2. The molecule has 5 rings (SSSR count). The molecule has 6 heteroatoms. The maximum absolute atomic E-state index is 13.4. The monoisotopic (exact) mass is 454 g/mol. The number of aromatic amines is 1. The first-order valence-electron chi connectivity index (χ1n) is 12.1. The summed E-state index contributed by atoms with van der Waals surface area (Å²) in [6.07, 6.45) is 4.01. The highest BCUT2D eigenvalue weighted by Gasteiger charge is 2.30.